The van der Waals surface area contributed by atoms with E-state index in [1.165, 1.54) is 11.9 Å². The molecular weight excluding hydrogens is 1320 g/mol. The fourth-order valence-electron chi connectivity index (χ4n) is 4.34. The van der Waals surface area contributed by atoms with Crippen molar-refractivity contribution >= 4 is 46.5 Å². The van der Waals surface area contributed by atoms with E-state index in [1.807, 2.05) is 194 Å². The Bertz CT molecular complexity index is 1860. The first kappa shape index (κ1) is 128. The third-order valence-corrected chi connectivity index (χ3v) is 10.3. The van der Waals surface area contributed by atoms with Gasteiger partial charge in [0.25, 0.3) is 0 Å². The molecule has 0 aliphatic heterocycles. The normalized spacial score (nSPS) is 9.15. The summed E-state index contributed by atoms with van der Waals surface area (Å²) in [7, 11) is 0. The van der Waals surface area contributed by atoms with Gasteiger partial charge in [-0.15, -0.1) is 11.6 Å². The molecular formula is C70H120Ar4ClO11Pd-. The van der Waals surface area contributed by atoms with Crippen molar-refractivity contribution in [2.45, 2.75) is 183 Å². The molecule has 0 aliphatic rings. The number of carboxylic acid groups (broad SMARTS) is 2. The number of Topliss-reactive ketones (excluding diaryl/α,β-unsaturated/α-hetero) is 3. The maximum Gasteiger partial charge on any atom is 0.306 e. The van der Waals surface area contributed by atoms with E-state index in [2.05, 4.69) is 42.2 Å². The molecule has 516 valence electrons. The quantitative estimate of drug-likeness (QED) is 0.0193. The second kappa shape index (κ2) is 108. The molecule has 4 unspecified atom stereocenters. The van der Waals surface area contributed by atoms with Crippen LogP contribution in [0.5, 0.6) is 0 Å². The fourth-order valence-corrected chi connectivity index (χ4v) is 4.34. The predicted octanol–water partition coefficient (Wildman–Crippen LogP) is 17.5. The first-order chi connectivity index (χ1) is 38.3. The largest absolute Gasteiger partial charge is 0.481 e. The van der Waals surface area contributed by atoms with Crippen molar-refractivity contribution < 1.29 is 226 Å². The van der Waals surface area contributed by atoms with Gasteiger partial charge in [-0.2, -0.15) is 0 Å². The number of ketones is 3. The standard InChI is InChI=1S/C10H12O.C9H10O2.C9H12O.C9H8O.2C6H12O.2C5H10O2.4C2H6.CH3Cl.CH4.CH3.4Ar.Pd/c1-9(7-8-11)10-5-3-2-4-6-10;10-7-6-9(11)8-4-2-1-3-5-8;2*10-8-4-7-9-5-2-1-3-6-9;2*1-4-5(2)6(3)7;2*1-3-4(2)5(6)7;5*1-2;;;;;;;/h2-6,11H,1,7-8H2;1-5,10H,6-7H2;1-3,5-6,10H,4,7-8H2;1-3,5-6,10H,8H2;2*5H,4H2,1-3H3;2*4H,3H2,1-2H3,(H,6,7);4*1-2H3;1H3;1H4;1H3;;;;;/q;;;;;;;;;;;;;;-1;;;;;. The van der Waals surface area contributed by atoms with E-state index in [1.54, 1.807) is 39.8 Å². The van der Waals surface area contributed by atoms with E-state index >= 15 is 0 Å². The summed E-state index contributed by atoms with van der Waals surface area (Å²) in [5.41, 5.74) is 5.02. The Morgan fingerprint density at radius 3 is 1.00 bits per heavy atom. The number of hydrogen-bond donors (Lipinski definition) is 6. The van der Waals surface area contributed by atoms with Gasteiger partial charge in [0.15, 0.2) is 5.78 Å². The van der Waals surface area contributed by atoms with Crippen LogP contribution < -0.4 is 0 Å². The minimum Gasteiger partial charge on any atom is -0.481 e. The Morgan fingerprint density at radius 2 is 0.770 bits per heavy atom. The molecule has 6 N–H and O–H groups in total. The summed E-state index contributed by atoms with van der Waals surface area (Å²) in [6.07, 6.45) is 7.56. The zero-order valence-electron chi connectivity index (χ0n) is 55.9. The van der Waals surface area contributed by atoms with E-state index in [0.29, 0.717) is 23.6 Å². The molecule has 0 aliphatic carbocycles. The van der Waals surface area contributed by atoms with Gasteiger partial charge in [-0.1, -0.05) is 246 Å². The smallest absolute Gasteiger partial charge is 0.306 e. The number of carbonyl (C=O) groups is 5. The number of benzene rings is 4. The number of aliphatic hydroxyl groups is 4. The van der Waals surface area contributed by atoms with Crippen molar-refractivity contribution in [3.05, 3.63) is 158 Å². The zero-order chi connectivity index (χ0) is 64.1. The second-order valence-corrected chi connectivity index (χ2v) is 16.0. The van der Waals surface area contributed by atoms with Gasteiger partial charge >= 0.3 is 11.9 Å². The first-order valence-corrected chi connectivity index (χ1v) is 29.2. The molecule has 0 spiro atoms. The summed E-state index contributed by atoms with van der Waals surface area (Å²) in [5, 5.41) is 50.4. The molecule has 4 atom stereocenters. The minimum absolute atomic E-state index is 0. The molecule has 0 radical (unpaired) electrons. The molecule has 0 aromatic heterocycles. The summed E-state index contributed by atoms with van der Waals surface area (Å²) < 4.78 is 0. The number of carbonyl (C=O) groups excluding carboxylic acids is 3. The Morgan fingerprint density at radius 1 is 0.483 bits per heavy atom. The fraction of sp³-hybridized carbons (Fsp3) is 0.514. The molecule has 0 saturated heterocycles. The van der Waals surface area contributed by atoms with E-state index < -0.39 is 11.9 Å². The third kappa shape index (κ3) is 99.7. The summed E-state index contributed by atoms with van der Waals surface area (Å²) in [4.78, 5) is 51.7. The maximum atomic E-state index is 11.1. The van der Waals surface area contributed by atoms with E-state index in [0.717, 1.165) is 55.2 Å². The van der Waals surface area contributed by atoms with Gasteiger partial charge in [0.2, 0.25) is 0 Å². The van der Waals surface area contributed by atoms with Crippen LogP contribution in [0.4, 0.5) is 0 Å². The van der Waals surface area contributed by atoms with Crippen LogP contribution >= 0.6 is 11.6 Å². The van der Waals surface area contributed by atoms with Gasteiger partial charge in [-0.3, -0.25) is 24.0 Å². The molecule has 0 saturated carbocycles. The number of aliphatic hydroxyl groups excluding tert-OH is 4. The van der Waals surface area contributed by atoms with Crippen LogP contribution in [0.3, 0.4) is 0 Å². The molecule has 4 aromatic rings. The Hall–Kier alpha value is -0.0387. The molecule has 0 bridgehead atoms. The summed E-state index contributed by atoms with van der Waals surface area (Å²) >= 11 is 4.64. The molecule has 0 amide bonds. The average molecular weight is 1440 g/mol. The predicted molar refractivity (Wildman–Crippen MR) is 357 cm³/mol. The maximum absolute atomic E-state index is 11.1. The third-order valence-electron chi connectivity index (χ3n) is 10.3. The van der Waals surface area contributed by atoms with Crippen LogP contribution in [0.2, 0.25) is 0 Å². The van der Waals surface area contributed by atoms with E-state index in [-0.39, 0.29) is 249 Å². The van der Waals surface area contributed by atoms with Crippen molar-refractivity contribution in [2.24, 2.45) is 23.7 Å². The molecule has 4 aromatic carbocycles. The van der Waals surface area contributed by atoms with Gasteiger partial charge in [-0.25, -0.2) is 0 Å². The number of aliphatic carboxylic acids is 2. The average Bonchev–Trinajstić information content (AvgIpc) is 3.51. The monoisotopic (exact) mass is 1440 g/mol. The van der Waals surface area contributed by atoms with Crippen LogP contribution in [0.15, 0.2) is 128 Å². The first-order valence-electron chi connectivity index (χ1n) is 28.4. The number of carboxylic acids is 2. The summed E-state index contributed by atoms with van der Waals surface area (Å²) in [6.45, 7) is 38.5. The minimum atomic E-state index is -0.706. The van der Waals surface area contributed by atoms with E-state index in [4.69, 9.17) is 30.6 Å². The Labute approximate surface area is 672 Å². The molecule has 87 heavy (non-hydrogen) atoms. The van der Waals surface area contributed by atoms with Crippen molar-refractivity contribution in [1.29, 1.82) is 0 Å². The van der Waals surface area contributed by atoms with E-state index in [9.17, 15) is 24.0 Å². The van der Waals surface area contributed by atoms with Crippen LogP contribution in [-0.4, -0.2) is 92.7 Å². The molecule has 0 heterocycles. The summed E-state index contributed by atoms with van der Waals surface area (Å²) in [5.74, 6) is 4.70. The van der Waals surface area contributed by atoms with Crippen molar-refractivity contribution in [2.75, 3.05) is 32.8 Å². The second-order valence-electron chi connectivity index (χ2n) is 16.0. The topological polar surface area (TPSA) is 207 Å². The van der Waals surface area contributed by atoms with Crippen molar-refractivity contribution in [1.82, 2.24) is 0 Å². The van der Waals surface area contributed by atoms with Gasteiger partial charge in [0.05, 0.1) is 18.4 Å². The molecule has 4 rings (SSSR count). The van der Waals surface area contributed by atoms with Crippen LogP contribution in [-0.2, 0) is 46.0 Å². The number of alkyl halides is 1. The Balaban J connectivity index is -0.0000000461. The number of hydrogen-bond acceptors (Lipinski definition) is 9. The number of aryl methyl sites for hydroxylation is 1. The van der Waals surface area contributed by atoms with Gasteiger partial charge in [0.1, 0.15) is 18.2 Å². The summed E-state index contributed by atoms with van der Waals surface area (Å²) in [6, 6.07) is 38.7. The SMILES string of the molecule is C.C=C(CCO)c1ccccc1.CC.CC.CC.CC.CCC(C)C(=O)O.CCC(C)C(=O)O.CCC(C)C(C)=O.CCC(C)C(C)=O.CCl.O=C(CCO)c1ccccc1.OCC#Cc1ccccc1.OCCCc1ccccc1.[Ar].[Ar].[Ar].[Ar].[CH3-].[Pd]. The van der Waals surface area contributed by atoms with Crippen LogP contribution in [0.25, 0.3) is 5.57 Å². The van der Waals surface area contributed by atoms with Gasteiger partial charge in [-0.05, 0) is 87.6 Å². The van der Waals surface area contributed by atoms with Gasteiger partial charge < -0.3 is 38.1 Å². The van der Waals surface area contributed by atoms with Gasteiger partial charge in [0, 0.05) is 220 Å². The zero-order valence-corrected chi connectivity index (χ0v) is 61.0. The van der Waals surface area contributed by atoms with Crippen LogP contribution in [0.1, 0.15) is 204 Å². The van der Waals surface area contributed by atoms with Crippen molar-refractivity contribution in [3.8, 4) is 11.8 Å². The molecule has 11 nitrogen and oxygen atoms in total. The van der Waals surface area contributed by atoms with Crippen LogP contribution in [0, 0.1) is 194 Å². The molecule has 17 heteroatoms. The van der Waals surface area contributed by atoms with Crippen molar-refractivity contribution in [3.63, 3.8) is 0 Å². The number of rotatable bonds is 17. The number of halogens is 1. The Kier molecular flexibility index (Phi) is 158. The molecule has 0 fully saturated rings.